The first-order valence-corrected chi connectivity index (χ1v) is 12.3. The third-order valence-electron chi connectivity index (χ3n) is 6.43. The molecule has 0 fully saturated rings. The molecular weight excluding hydrogens is 508 g/mol. The maximum Gasteiger partial charge on any atom is 0.262 e. The summed E-state index contributed by atoms with van der Waals surface area (Å²) in [5, 5.41) is 5.76. The van der Waals surface area contributed by atoms with Gasteiger partial charge in [-0.2, -0.15) is 5.10 Å². The molecule has 8 nitrogen and oxygen atoms in total. The first kappa shape index (κ1) is 27.7. The number of halogens is 2. The summed E-state index contributed by atoms with van der Waals surface area (Å²) in [6, 6.07) is 16.1. The maximum atomic E-state index is 14.9. The van der Waals surface area contributed by atoms with Crippen LogP contribution in [0.3, 0.4) is 0 Å². The van der Waals surface area contributed by atoms with E-state index >= 15 is 0 Å². The summed E-state index contributed by atoms with van der Waals surface area (Å²) in [5.41, 5.74) is 1.23. The van der Waals surface area contributed by atoms with Gasteiger partial charge in [0.25, 0.3) is 11.8 Å². The van der Waals surface area contributed by atoms with Crippen molar-refractivity contribution in [1.82, 2.24) is 9.91 Å². The molecule has 0 aliphatic carbocycles. The van der Waals surface area contributed by atoms with E-state index in [1.165, 1.54) is 55.5 Å². The zero-order valence-corrected chi connectivity index (χ0v) is 21.9. The van der Waals surface area contributed by atoms with Crippen LogP contribution in [0.4, 0.5) is 8.78 Å². The van der Waals surface area contributed by atoms with Gasteiger partial charge in [-0.05, 0) is 30.3 Å². The number of methoxy groups -OCH3 is 3. The van der Waals surface area contributed by atoms with E-state index in [2.05, 4.69) is 5.10 Å². The SMILES string of the molecule is COCCN(CC(=O)N1N=C(c2ccc(OC)cc2OC)C[C@@H]1c1ccccc1F)C(=O)c1ccccc1F. The van der Waals surface area contributed by atoms with Gasteiger partial charge in [-0.15, -0.1) is 0 Å². The topological polar surface area (TPSA) is 80.7 Å². The molecule has 1 atom stereocenters. The monoisotopic (exact) mass is 537 g/mol. The highest BCUT2D eigenvalue weighted by Gasteiger charge is 2.36. The molecule has 10 heteroatoms. The highest BCUT2D eigenvalue weighted by molar-refractivity contribution is 6.05. The van der Waals surface area contributed by atoms with Crippen molar-refractivity contribution in [3.8, 4) is 11.5 Å². The molecule has 4 rings (SSSR count). The number of hydrogen-bond acceptors (Lipinski definition) is 6. The summed E-state index contributed by atoms with van der Waals surface area (Å²) >= 11 is 0. The first-order chi connectivity index (χ1) is 18.9. The van der Waals surface area contributed by atoms with Gasteiger partial charge in [0.15, 0.2) is 0 Å². The summed E-state index contributed by atoms with van der Waals surface area (Å²) in [7, 11) is 4.50. The van der Waals surface area contributed by atoms with Crippen LogP contribution in [0.25, 0.3) is 0 Å². The van der Waals surface area contributed by atoms with E-state index in [0.717, 1.165) is 0 Å². The normalized spacial score (nSPS) is 14.6. The van der Waals surface area contributed by atoms with Crippen LogP contribution in [0, 0.1) is 11.6 Å². The van der Waals surface area contributed by atoms with Gasteiger partial charge in [0.05, 0.1) is 38.1 Å². The third-order valence-corrected chi connectivity index (χ3v) is 6.43. The van der Waals surface area contributed by atoms with Crippen molar-refractivity contribution >= 4 is 17.5 Å². The molecule has 204 valence electrons. The van der Waals surface area contributed by atoms with Crippen LogP contribution in [-0.2, 0) is 9.53 Å². The molecular formula is C29H29F2N3O5. The fourth-order valence-electron chi connectivity index (χ4n) is 4.42. The molecule has 0 N–H and O–H groups in total. The molecule has 0 saturated carbocycles. The van der Waals surface area contributed by atoms with Gasteiger partial charge in [-0.25, -0.2) is 13.8 Å². The lowest BCUT2D eigenvalue weighted by Gasteiger charge is -2.27. The Balaban J connectivity index is 1.69. The van der Waals surface area contributed by atoms with Crippen molar-refractivity contribution in [2.45, 2.75) is 12.5 Å². The molecule has 3 aromatic rings. The standard InChI is InChI=1S/C29H29F2N3O5/c1-37-15-14-33(29(36)21-9-5-7-11-24(21)31)18-28(35)34-26(20-8-4-6-10-23(20)30)17-25(32-34)22-13-12-19(38-2)16-27(22)39-3/h4-13,16,26H,14-15,17-18H2,1-3H3/t26-/m1/s1. The Morgan fingerprint density at radius 3 is 2.36 bits per heavy atom. The zero-order valence-electron chi connectivity index (χ0n) is 21.9. The lowest BCUT2D eigenvalue weighted by Crippen LogP contribution is -2.43. The van der Waals surface area contributed by atoms with Crippen LogP contribution in [-0.4, -0.2) is 68.5 Å². The van der Waals surface area contributed by atoms with Crippen molar-refractivity contribution in [2.24, 2.45) is 5.10 Å². The molecule has 2 amide bonds. The largest absolute Gasteiger partial charge is 0.497 e. The van der Waals surface area contributed by atoms with Crippen molar-refractivity contribution in [2.75, 3.05) is 41.0 Å². The minimum Gasteiger partial charge on any atom is -0.497 e. The van der Waals surface area contributed by atoms with Crippen LogP contribution in [0.1, 0.15) is 33.9 Å². The van der Waals surface area contributed by atoms with E-state index in [0.29, 0.717) is 22.8 Å². The highest BCUT2D eigenvalue weighted by atomic mass is 19.1. The van der Waals surface area contributed by atoms with Crippen LogP contribution in [0.15, 0.2) is 71.8 Å². The Hall–Kier alpha value is -4.31. The number of hydrazone groups is 1. The minimum absolute atomic E-state index is 0.0382. The molecule has 1 aliphatic rings. The second-order valence-electron chi connectivity index (χ2n) is 8.79. The number of carbonyl (C=O) groups is 2. The number of carbonyl (C=O) groups excluding carboxylic acids is 2. The van der Waals surface area contributed by atoms with E-state index in [-0.39, 0.29) is 30.7 Å². The van der Waals surface area contributed by atoms with Crippen molar-refractivity contribution in [3.63, 3.8) is 0 Å². The molecule has 1 aliphatic heterocycles. The summed E-state index contributed by atoms with van der Waals surface area (Å²) < 4.78 is 45.2. The van der Waals surface area contributed by atoms with Crippen molar-refractivity contribution in [3.05, 3.63) is 95.1 Å². The molecule has 0 saturated heterocycles. The van der Waals surface area contributed by atoms with Crippen LogP contribution >= 0.6 is 0 Å². The van der Waals surface area contributed by atoms with E-state index in [4.69, 9.17) is 14.2 Å². The Labute approximate surface area is 225 Å². The van der Waals surface area contributed by atoms with Gasteiger partial charge in [0, 0.05) is 37.3 Å². The second kappa shape index (κ2) is 12.5. The fraction of sp³-hybridized carbons (Fsp3) is 0.276. The Morgan fingerprint density at radius 2 is 1.69 bits per heavy atom. The molecule has 3 aromatic carbocycles. The van der Waals surface area contributed by atoms with Crippen molar-refractivity contribution < 1.29 is 32.6 Å². The molecule has 0 bridgehead atoms. The Kier molecular flexibility index (Phi) is 8.88. The van der Waals surface area contributed by atoms with E-state index < -0.39 is 36.0 Å². The second-order valence-corrected chi connectivity index (χ2v) is 8.79. The van der Waals surface area contributed by atoms with E-state index in [1.54, 1.807) is 42.5 Å². The van der Waals surface area contributed by atoms with E-state index in [9.17, 15) is 18.4 Å². The summed E-state index contributed by atoms with van der Waals surface area (Å²) in [4.78, 5) is 28.1. The number of amides is 2. The molecule has 0 radical (unpaired) electrons. The summed E-state index contributed by atoms with van der Waals surface area (Å²) in [6.07, 6.45) is 0.203. The van der Waals surface area contributed by atoms with Gasteiger partial charge >= 0.3 is 0 Å². The smallest absolute Gasteiger partial charge is 0.262 e. The highest BCUT2D eigenvalue weighted by Crippen LogP contribution is 2.37. The first-order valence-electron chi connectivity index (χ1n) is 12.3. The number of benzene rings is 3. The summed E-state index contributed by atoms with van der Waals surface area (Å²) in [5.74, 6) is -1.36. The predicted molar refractivity (Wildman–Crippen MR) is 141 cm³/mol. The van der Waals surface area contributed by atoms with Gasteiger partial charge < -0.3 is 19.1 Å². The summed E-state index contributed by atoms with van der Waals surface area (Å²) in [6.45, 7) is -0.254. The number of ether oxygens (including phenoxy) is 3. The average Bonchev–Trinajstić information content (AvgIpc) is 3.40. The number of hydrogen-bond donors (Lipinski definition) is 0. The lowest BCUT2D eigenvalue weighted by atomic mass is 9.97. The third kappa shape index (κ3) is 6.06. The molecule has 0 aromatic heterocycles. The zero-order chi connectivity index (χ0) is 27.9. The van der Waals surface area contributed by atoms with Crippen LogP contribution in [0.5, 0.6) is 11.5 Å². The predicted octanol–water partition coefficient (Wildman–Crippen LogP) is 4.45. The minimum atomic E-state index is -0.770. The Morgan fingerprint density at radius 1 is 0.974 bits per heavy atom. The van der Waals surface area contributed by atoms with Gasteiger partial charge in [-0.1, -0.05) is 30.3 Å². The Bertz CT molecular complexity index is 1380. The lowest BCUT2D eigenvalue weighted by molar-refractivity contribution is -0.133. The molecule has 0 unspecified atom stereocenters. The molecule has 1 heterocycles. The van der Waals surface area contributed by atoms with Gasteiger partial charge in [0.1, 0.15) is 29.7 Å². The fourth-order valence-corrected chi connectivity index (χ4v) is 4.42. The number of nitrogens with zero attached hydrogens (tertiary/aromatic N) is 3. The van der Waals surface area contributed by atoms with Gasteiger partial charge in [0.2, 0.25) is 0 Å². The van der Waals surface area contributed by atoms with Crippen LogP contribution < -0.4 is 9.47 Å². The van der Waals surface area contributed by atoms with Crippen molar-refractivity contribution in [1.29, 1.82) is 0 Å². The quantitative estimate of drug-likeness (QED) is 0.382. The molecule has 0 spiro atoms. The maximum absolute atomic E-state index is 14.9. The number of rotatable bonds is 10. The van der Waals surface area contributed by atoms with Crippen LogP contribution in [0.2, 0.25) is 0 Å². The van der Waals surface area contributed by atoms with Gasteiger partial charge in [-0.3, -0.25) is 9.59 Å². The van der Waals surface area contributed by atoms with E-state index in [1.807, 2.05) is 0 Å². The average molecular weight is 538 g/mol. The molecule has 39 heavy (non-hydrogen) atoms.